The molecule has 23 heavy (non-hydrogen) atoms. The summed E-state index contributed by atoms with van der Waals surface area (Å²) in [7, 11) is 1.59. The normalized spacial score (nSPS) is 10.5. The van der Waals surface area contributed by atoms with Crippen molar-refractivity contribution < 1.29 is 18.7 Å². The van der Waals surface area contributed by atoms with Crippen LogP contribution in [0.15, 0.2) is 33.9 Å². The van der Waals surface area contributed by atoms with E-state index in [0.717, 1.165) is 11.3 Å². The number of hydrogen-bond acceptors (Lipinski definition) is 7. The van der Waals surface area contributed by atoms with Gasteiger partial charge in [-0.3, -0.25) is 4.79 Å². The minimum atomic E-state index is -0.104. The number of nitrogens with zero attached hydrogens (tertiary/aromatic N) is 2. The molecule has 124 valence electrons. The molecule has 0 fully saturated rings. The smallest absolute Gasteiger partial charge is 0.277 e. The summed E-state index contributed by atoms with van der Waals surface area (Å²) in [5.41, 5.74) is 0.803. The van der Waals surface area contributed by atoms with Crippen LogP contribution >= 0.6 is 11.8 Å². The van der Waals surface area contributed by atoms with Gasteiger partial charge in [0.1, 0.15) is 5.75 Å². The zero-order chi connectivity index (χ0) is 16.5. The van der Waals surface area contributed by atoms with E-state index < -0.39 is 0 Å². The number of thioether (sulfide) groups is 1. The number of rotatable bonds is 9. The summed E-state index contributed by atoms with van der Waals surface area (Å²) in [5, 5.41) is 11.0. The molecule has 0 aliphatic rings. The summed E-state index contributed by atoms with van der Waals surface area (Å²) in [4.78, 5) is 11.6. The fraction of sp³-hybridized carbons (Fsp3) is 0.400. The quantitative estimate of drug-likeness (QED) is 0.553. The molecule has 0 atom stereocenters. The molecule has 1 aromatic carbocycles. The molecule has 1 heterocycles. The first-order valence-electron chi connectivity index (χ1n) is 7.18. The first kappa shape index (κ1) is 17.3. The maximum absolute atomic E-state index is 11.6. The highest BCUT2D eigenvalue weighted by Gasteiger charge is 2.11. The standard InChI is InChI=1S/C15H19N3O4S/c1-3-21-12-6-4-11(5-7-12)14-17-18-15(22-14)23-10-13(19)16-8-9-20-2/h4-7H,3,8-10H2,1-2H3,(H,16,19). The molecule has 2 rings (SSSR count). The van der Waals surface area contributed by atoms with Gasteiger partial charge in [-0.1, -0.05) is 11.8 Å². The van der Waals surface area contributed by atoms with Crippen LogP contribution in [0.1, 0.15) is 6.92 Å². The summed E-state index contributed by atoms with van der Waals surface area (Å²) in [6, 6.07) is 7.40. The van der Waals surface area contributed by atoms with Gasteiger partial charge in [0.05, 0.1) is 19.0 Å². The Hall–Kier alpha value is -2.06. The van der Waals surface area contributed by atoms with E-state index in [9.17, 15) is 4.79 Å². The molecule has 1 aromatic heterocycles. The van der Waals surface area contributed by atoms with Crippen molar-refractivity contribution in [2.45, 2.75) is 12.1 Å². The van der Waals surface area contributed by atoms with E-state index in [0.29, 0.717) is 30.9 Å². The Morgan fingerprint density at radius 1 is 1.30 bits per heavy atom. The van der Waals surface area contributed by atoms with Gasteiger partial charge in [0.2, 0.25) is 11.8 Å². The number of carbonyl (C=O) groups excluding carboxylic acids is 1. The van der Waals surface area contributed by atoms with Crippen molar-refractivity contribution >= 4 is 17.7 Å². The minimum absolute atomic E-state index is 0.104. The van der Waals surface area contributed by atoms with Crippen molar-refractivity contribution in [1.29, 1.82) is 0 Å². The van der Waals surface area contributed by atoms with Gasteiger partial charge in [-0.2, -0.15) is 0 Å². The van der Waals surface area contributed by atoms with Gasteiger partial charge in [0.15, 0.2) is 0 Å². The molecule has 0 aliphatic carbocycles. The second kappa shape index (κ2) is 9.16. The van der Waals surface area contributed by atoms with Crippen LogP contribution in [-0.4, -0.2) is 48.7 Å². The van der Waals surface area contributed by atoms with Crippen molar-refractivity contribution in [1.82, 2.24) is 15.5 Å². The molecule has 0 unspecified atom stereocenters. The summed E-state index contributed by atoms with van der Waals surface area (Å²) in [5.74, 6) is 1.32. The molecule has 1 N–H and O–H groups in total. The van der Waals surface area contributed by atoms with Gasteiger partial charge < -0.3 is 19.2 Å². The summed E-state index contributed by atoms with van der Waals surface area (Å²) in [6.45, 7) is 3.52. The number of carbonyl (C=O) groups is 1. The second-order valence-electron chi connectivity index (χ2n) is 4.46. The van der Waals surface area contributed by atoms with Crippen LogP contribution in [0.4, 0.5) is 0 Å². The van der Waals surface area contributed by atoms with Crippen molar-refractivity contribution in [3.05, 3.63) is 24.3 Å². The van der Waals surface area contributed by atoms with Crippen LogP contribution in [0, 0.1) is 0 Å². The third kappa shape index (κ3) is 5.57. The van der Waals surface area contributed by atoms with Gasteiger partial charge in [0, 0.05) is 19.2 Å². The van der Waals surface area contributed by atoms with Crippen molar-refractivity contribution in [2.75, 3.05) is 32.6 Å². The van der Waals surface area contributed by atoms with Gasteiger partial charge in [-0.05, 0) is 31.2 Å². The molecule has 2 aromatic rings. The number of aromatic nitrogens is 2. The maximum Gasteiger partial charge on any atom is 0.277 e. The third-order valence-electron chi connectivity index (χ3n) is 2.77. The fourth-order valence-electron chi connectivity index (χ4n) is 1.72. The highest BCUT2D eigenvalue weighted by molar-refractivity contribution is 7.99. The topological polar surface area (TPSA) is 86.5 Å². The van der Waals surface area contributed by atoms with E-state index in [4.69, 9.17) is 13.9 Å². The Balaban J connectivity index is 1.86. The van der Waals surface area contributed by atoms with Crippen LogP contribution in [0.25, 0.3) is 11.5 Å². The Bertz CT molecular complexity index is 615. The highest BCUT2D eigenvalue weighted by atomic mass is 32.2. The highest BCUT2D eigenvalue weighted by Crippen LogP contribution is 2.24. The van der Waals surface area contributed by atoms with E-state index in [1.165, 1.54) is 11.8 Å². The lowest BCUT2D eigenvalue weighted by molar-refractivity contribution is -0.118. The van der Waals surface area contributed by atoms with E-state index in [1.807, 2.05) is 31.2 Å². The minimum Gasteiger partial charge on any atom is -0.494 e. The van der Waals surface area contributed by atoms with Crippen molar-refractivity contribution in [2.24, 2.45) is 0 Å². The number of nitrogens with one attached hydrogen (secondary N) is 1. The lowest BCUT2D eigenvalue weighted by Crippen LogP contribution is -2.28. The summed E-state index contributed by atoms with van der Waals surface area (Å²) >= 11 is 1.20. The average molecular weight is 337 g/mol. The largest absolute Gasteiger partial charge is 0.494 e. The molecule has 8 heteroatoms. The van der Waals surface area contributed by atoms with E-state index >= 15 is 0 Å². The van der Waals surface area contributed by atoms with E-state index in [-0.39, 0.29) is 11.7 Å². The molecular formula is C15H19N3O4S. The lowest BCUT2D eigenvalue weighted by Gasteiger charge is -2.02. The zero-order valence-corrected chi connectivity index (χ0v) is 13.9. The van der Waals surface area contributed by atoms with E-state index in [2.05, 4.69) is 15.5 Å². The fourth-order valence-corrected chi connectivity index (χ4v) is 2.31. The predicted molar refractivity (Wildman–Crippen MR) is 86.5 cm³/mol. The van der Waals surface area contributed by atoms with Gasteiger partial charge in [0.25, 0.3) is 5.22 Å². The molecule has 0 saturated heterocycles. The number of ether oxygens (including phenoxy) is 2. The van der Waals surface area contributed by atoms with Crippen LogP contribution in [0.5, 0.6) is 5.75 Å². The molecule has 7 nitrogen and oxygen atoms in total. The van der Waals surface area contributed by atoms with Crippen molar-refractivity contribution in [3.63, 3.8) is 0 Å². The number of benzene rings is 1. The summed E-state index contributed by atoms with van der Waals surface area (Å²) in [6.07, 6.45) is 0. The molecule has 0 spiro atoms. The number of methoxy groups -OCH3 is 1. The van der Waals surface area contributed by atoms with Crippen LogP contribution < -0.4 is 10.1 Å². The molecule has 0 aliphatic heterocycles. The molecule has 0 saturated carbocycles. The average Bonchev–Trinajstić information content (AvgIpc) is 3.03. The first-order chi connectivity index (χ1) is 11.2. The van der Waals surface area contributed by atoms with Crippen molar-refractivity contribution in [3.8, 4) is 17.2 Å². The van der Waals surface area contributed by atoms with Gasteiger partial charge in [-0.25, -0.2) is 0 Å². The van der Waals surface area contributed by atoms with E-state index in [1.54, 1.807) is 7.11 Å². The Morgan fingerprint density at radius 3 is 2.78 bits per heavy atom. The lowest BCUT2D eigenvalue weighted by atomic mass is 10.2. The Kier molecular flexibility index (Phi) is 6.89. The monoisotopic (exact) mass is 337 g/mol. The van der Waals surface area contributed by atoms with Crippen LogP contribution in [-0.2, 0) is 9.53 Å². The zero-order valence-electron chi connectivity index (χ0n) is 13.1. The molecule has 0 bridgehead atoms. The Morgan fingerprint density at radius 2 is 2.09 bits per heavy atom. The third-order valence-corrected chi connectivity index (χ3v) is 3.59. The molecule has 1 amide bonds. The maximum atomic E-state index is 11.6. The first-order valence-corrected chi connectivity index (χ1v) is 8.16. The van der Waals surface area contributed by atoms with Gasteiger partial charge >= 0.3 is 0 Å². The second-order valence-corrected chi connectivity index (χ2v) is 5.39. The SMILES string of the molecule is CCOc1ccc(-c2nnc(SCC(=O)NCCOC)o2)cc1. The molecular weight excluding hydrogens is 318 g/mol. The molecule has 0 radical (unpaired) electrons. The van der Waals surface area contributed by atoms with Crippen LogP contribution in [0.2, 0.25) is 0 Å². The number of hydrogen-bond donors (Lipinski definition) is 1. The predicted octanol–water partition coefficient (Wildman–Crippen LogP) is 1.99. The number of amides is 1. The van der Waals surface area contributed by atoms with Crippen LogP contribution in [0.3, 0.4) is 0 Å². The summed E-state index contributed by atoms with van der Waals surface area (Å²) < 4.78 is 15.8. The van der Waals surface area contributed by atoms with Gasteiger partial charge in [-0.15, -0.1) is 10.2 Å². The Labute approximate surface area is 138 Å².